The standard InChI is InChI=1S/C20H27N3O2S/c24-17(16-9-6-12-23(16)14-7-2-1-3-8-14)10-4-5-11-18-19-15(13-26-18)21-20(25)22-19/h1-3,7-8,15-16,18-19H,4-6,9-13H2,(H2,21,22,25)/t15-,16?,18-,19-/m0/s1. The Morgan fingerprint density at radius 3 is 2.88 bits per heavy atom. The Kier molecular flexibility index (Phi) is 5.38. The molecule has 4 atom stereocenters. The van der Waals surface area contributed by atoms with Crippen molar-refractivity contribution in [2.24, 2.45) is 0 Å². The van der Waals surface area contributed by atoms with Crippen LogP contribution in [0, 0.1) is 0 Å². The third-order valence-electron chi connectivity index (χ3n) is 5.81. The molecule has 0 aliphatic carbocycles. The predicted molar refractivity (Wildman–Crippen MR) is 106 cm³/mol. The van der Waals surface area contributed by atoms with Gasteiger partial charge in [0.15, 0.2) is 5.78 Å². The van der Waals surface area contributed by atoms with Crippen LogP contribution in [-0.2, 0) is 4.79 Å². The van der Waals surface area contributed by atoms with Crippen molar-refractivity contribution in [1.29, 1.82) is 0 Å². The van der Waals surface area contributed by atoms with E-state index < -0.39 is 0 Å². The van der Waals surface area contributed by atoms with Gasteiger partial charge in [0.05, 0.1) is 18.1 Å². The van der Waals surface area contributed by atoms with Crippen LogP contribution in [0.4, 0.5) is 10.5 Å². The highest BCUT2D eigenvalue weighted by Gasteiger charge is 2.42. The van der Waals surface area contributed by atoms with Gasteiger partial charge >= 0.3 is 6.03 Å². The summed E-state index contributed by atoms with van der Waals surface area (Å²) in [6.07, 6.45) is 5.83. The van der Waals surface area contributed by atoms with E-state index in [1.165, 1.54) is 5.69 Å². The SMILES string of the molecule is O=C1N[C@H]2[C@H](CS[C@H]2CCCCC(=O)C2CCCN2c2ccccc2)N1. The monoisotopic (exact) mass is 373 g/mol. The Morgan fingerprint density at radius 1 is 1.19 bits per heavy atom. The number of benzene rings is 1. The highest BCUT2D eigenvalue weighted by molar-refractivity contribution is 8.00. The summed E-state index contributed by atoms with van der Waals surface area (Å²) < 4.78 is 0. The maximum absolute atomic E-state index is 12.7. The number of anilines is 1. The van der Waals surface area contributed by atoms with Crippen LogP contribution in [-0.4, -0.2) is 47.5 Å². The lowest BCUT2D eigenvalue weighted by atomic mass is 10.00. The van der Waals surface area contributed by atoms with E-state index in [4.69, 9.17) is 0 Å². The third-order valence-corrected chi connectivity index (χ3v) is 7.32. The minimum absolute atomic E-state index is 0.0253. The number of nitrogens with one attached hydrogen (secondary N) is 2. The molecule has 1 aromatic rings. The van der Waals surface area contributed by atoms with Gasteiger partial charge in [0.1, 0.15) is 0 Å². The summed E-state index contributed by atoms with van der Waals surface area (Å²) in [4.78, 5) is 26.4. The number of amides is 2. The average Bonchev–Trinajstić information content (AvgIpc) is 3.35. The molecule has 0 saturated carbocycles. The van der Waals surface area contributed by atoms with Gasteiger partial charge in [-0.3, -0.25) is 4.79 Å². The van der Waals surface area contributed by atoms with Crippen LogP contribution in [0.25, 0.3) is 0 Å². The zero-order chi connectivity index (χ0) is 17.9. The molecule has 5 nitrogen and oxygen atoms in total. The van der Waals surface area contributed by atoms with E-state index in [9.17, 15) is 9.59 Å². The number of hydrogen-bond donors (Lipinski definition) is 2. The molecule has 0 aromatic heterocycles. The normalized spacial score (nSPS) is 30.2. The summed E-state index contributed by atoms with van der Waals surface area (Å²) in [7, 11) is 0. The largest absolute Gasteiger partial charge is 0.361 e. The van der Waals surface area contributed by atoms with E-state index in [-0.39, 0.29) is 24.2 Å². The highest BCUT2D eigenvalue weighted by atomic mass is 32.2. The molecule has 140 valence electrons. The number of thioether (sulfide) groups is 1. The van der Waals surface area contributed by atoms with Gasteiger partial charge in [-0.25, -0.2) is 4.79 Å². The van der Waals surface area contributed by atoms with Crippen molar-refractivity contribution < 1.29 is 9.59 Å². The van der Waals surface area contributed by atoms with Gasteiger partial charge < -0.3 is 15.5 Å². The Bertz CT molecular complexity index is 654. The number of Topliss-reactive ketones (excluding diaryl/α,β-unsaturated/α-hetero) is 1. The Morgan fingerprint density at radius 2 is 2.04 bits per heavy atom. The molecule has 3 fully saturated rings. The first-order valence-electron chi connectivity index (χ1n) is 9.75. The molecule has 0 radical (unpaired) electrons. The molecule has 2 N–H and O–H groups in total. The second kappa shape index (κ2) is 7.91. The second-order valence-corrected chi connectivity index (χ2v) is 8.79. The summed E-state index contributed by atoms with van der Waals surface area (Å²) in [5.74, 6) is 1.39. The molecule has 1 aromatic carbocycles. The van der Waals surface area contributed by atoms with Gasteiger partial charge in [-0.2, -0.15) is 11.8 Å². The smallest absolute Gasteiger partial charge is 0.315 e. The fraction of sp³-hybridized carbons (Fsp3) is 0.600. The predicted octanol–water partition coefficient (Wildman–Crippen LogP) is 2.95. The first-order valence-corrected chi connectivity index (χ1v) is 10.8. The molecule has 3 aliphatic rings. The molecule has 0 spiro atoms. The van der Waals surface area contributed by atoms with Gasteiger partial charge in [0, 0.05) is 29.7 Å². The van der Waals surface area contributed by atoms with Gasteiger partial charge in [-0.05, 0) is 37.8 Å². The van der Waals surface area contributed by atoms with Gasteiger partial charge in [0.25, 0.3) is 0 Å². The number of rotatable bonds is 7. The number of carbonyl (C=O) groups is 2. The summed E-state index contributed by atoms with van der Waals surface area (Å²) in [6, 6.07) is 10.9. The van der Waals surface area contributed by atoms with Crippen molar-refractivity contribution in [3.63, 3.8) is 0 Å². The van der Waals surface area contributed by atoms with Crippen LogP contribution in [0.3, 0.4) is 0 Å². The second-order valence-electron chi connectivity index (χ2n) is 7.52. The third kappa shape index (κ3) is 3.70. The van der Waals surface area contributed by atoms with Crippen LogP contribution in [0.5, 0.6) is 0 Å². The minimum atomic E-state index is -0.0253. The van der Waals surface area contributed by atoms with Crippen molar-refractivity contribution >= 4 is 29.3 Å². The Balaban J connectivity index is 1.22. The van der Waals surface area contributed by atoms with E-state index in [0.29, 0.717) is 17.5 Å². The number of unbranched alkanes of at least 4 members (excludes halogenated alkanes) is 1. The Labute approximate surface area is 159 Å². The maximum atomic E-state index is 12.7. The van der Waals surface area contributed by atoms with Crippen molar-refractivity contribution in [2.75, 3.05) is 17.2 Å². The molecule has 2 amide bonds. The van der Waals surface area contributed by atoms with Crippen molar-refractivity contribution in [1.82, 2.24) is 10.6 Å². The van der Waals surface area contributed by atoms with E-state index in [1.54, 1.807) is 0 Å². The molecular weight excluding hydrogens is 346 g/mol. The average molecular weight is 374 g/mol. The molecule has 1 unspecified atom stereocenters. The minimum Gasteiger partial charge on any atom is -0.361 e. The van der Waals surface area contributed by atoms with Gasteiger partial charge in [0.2, 0.25) is 0 Å². The van der Waals surface area contributed by atoms with Crippen LogP contribution < -0.4 is 15.5 Å². The van der Waals surface area contributed by atoms with Crippen molar-refractivity contribution in [3.8, 4) is 0 Å². The molecule has 3 saturated heterocycles. The molecular formula is C20H27N3O2S. The lowest BCUT2D eigenvalue weighted by Gasteiger charge is -2.26. The zero-order valence-electron chi connectivity index (χ0n) is 15.0. The number of urea groups is 1. The van der Waals surface area contributed by atoms with Gasteiger partial charge in [-0.1, -0.05) is 24.6 Å². The number of nitrogens with zero attached hydrogens (tertiary/aromatic N) is 1. The highest BCUT2D eigenvalue weighted by Crippen LogP contribution is 2.33. The van der Waals surface area contributed by atoms with E-state index >= 15 is 0 Å². The fourth-order valence-electron chi connectivity index (χ4n) is 4.48. The molecule has 3 aliphatic heterocycles. The lowest BCUT2D eigenvalue weighted by Crippen LogP contribution is -2.37. The summed E-state index contributed by atoms with van der Waals surface area (Å²) in [5, 5.41) is 6.51. The van der Waals surface area contributed by atoms with E-state index in [2.05, 4.69) is 27.7 Å². The van der Waals surface area contributed by atoms with Crippen LogP contribution >= 0.6 is 11.8 Å². The van der Waals surface area contributed by atoms with Crippen molar-refractivity contribution in [3.05, 3.63) is 30.3 Å². The fourth-order valence-corrected chi connectivity index (χ4v) is 6.03. The van der Waals surface area contributed by atoms with E-state index in [0.717, 1.165) is 44.4 Å². The number of hydrogen-bond acceptors (Lipinski definition) is 4. The quantitative estimate of drug-likeness (QED) is 0.570. The molecule has 0 bridgehead atoms. The summed E-state index contributed by atoms with van der Waals surface area (Å²) in [6.45, 7) is 0.981. The summed E-state index contributed by atoms with van der Waals surface area (Å²) in [5.41, 5.74) is 1.17. The lowest BCUT2D eigenvalue weighted by molar-refractivity contribution is -0.120. The maximum Gasteiger partial charge on any atom is 0.315 e. The van der Waals surface area contributed by atoms with Crippen LogP contribution in [0.2, 0.25) is 0 Å². The first kappa shape index (κ1) is 17.7. The number of para-hydroxylation sites is 1. The Hall–Kier alpha value is -1.69. The van der Waals surface area contributed by atoms with Crippen molar-refractivity contribution in [2.45, 2.75) is 61.9 Å². The summed E-state index contributed by atoms with van der Waals surface area (Å²) >= 11 is 1.95. The molecule has 26 heavy (non-hydrogen) atoms. The zero-order valence-corrected chi connectivity index (χ0v) is 15.8. The molecule has 4 rings (SSSR count). The molecule has 3 heterocycles. The van der Waals surface area contributed by atoms with E-state index in [1.807, 2.05) is 30.0 Å². The first-order chi connectivity index (χ1) is 12.7. The van der Waals surface area contributed by atoms with Crippen LogP contribution in [0.1, 0.15) is 38.5 Å². The van der Waals surface area contributed by atoms with Gasteiger partial charge in [-0.15, -0.1) is 0 Å². The number of carbonyl (C=O) groups excluding carboxylic acids is 2. The number of ketones is 1. The molecule has 6 heteroatoms. The topological polar surface area (TPSA) is 61.4 Å². The number of fused-ring (bicyclic) bond motifs is 1. The van der Waals surface area contributed by atoms with Crippen LogP contribution in [0.15, 0.2) is 30.3 Å².